The average molecular weight is 378 g/mol. The van der Waals surface area contributed by atoms with Crippen LogP contribution in [0.25, 0.3) is 0 Å². The number of nitrogens with one attached hydrogen (secondary N) is 2. The number of hydrogen-bond acceptors (Lipinski definition) is 6. The van der Waals surface area contributed by atoms with Crippen molar-refractivity contribution < 1.29 is 9.47 Å². The zero-order valence-corrected chi connectivity index (χ0v) is 16.5. The van der Waals surface area contributed by atoms with Crippen molar-refractivity contribution in [3.63, 3.8) is 0 Å². The van der Waals surface area contributed by atoms with Crippen LogP contribution in [0.1, 0.15) is 16.8 Å². The van der Waals surface area contributed by atoms with Crippen LogP contribution in [0.2, 0.25) is 0 Å². The van der Waals surface area contributed by atoms with Crippen LogP contribution in [0.5, 0.6) is 11.5 Å². The first-order valence-corrected chi connectivity index (χ1v) is 9.27. The number of nitrogens with zero attached hydrogens (tertiary/aromatic N) is 2. The molecule has 28 heavy (non-hydrogen) atoms. The minimum absolute atomic E-state index is 0.609. The van der Waals surface area contributed by atoms with Gasteiger partial charge in [0, 0.05) is 30.4 Å². The molecule has 0 spiro atoms. The number of benzene rings is 2. The van der Waals surface area contributed by atoms with E-state index in [1.165, 1.54) is 0 Å². The van der Waals surface area contributed by atoms with Gasteiger partial charge in [0.25, 0.3) is 0 Å². The normalized spacial score (nSPS) is 10.4. The molecule has 3 rings (SSSR count). The Labute approximate surface area is 166 Å². The molecule has 6 nitrogen and oxygen atoms in total. The molecule has 1 aromatic heterocycles. The molecule has 146 valence electrons. The molecule has 0 fully saturated rings. The lowest BCUT2D eigenvalue weighted by Gasteiger charge is -2.12. The van der Waals surface area contributed by atoms with E-state index in [4.69, 9.17) is 9.47 Å². The molecular weight excluding hydrogens is 352 g/mol. The van der Waals surface area contributed by atoms with Gasteiger partial charge < -0.3 is 20.1 Å². The smallest absolute Gasteiger partial charge is 0.224 e. The number of rotatable bonds is 9. The molecule has 0 saturated carbocycles. The molecule has 3 aromatic rings. The molecular formula is C22H26N4O2. The molecule has 0 atom stereocenters. The van der Waals surface area contributed by atoms with Gasteiger partial charge in [-0.05, 0) is 31.0 Å². The number of anilines is 2. The molecule has 0 aliphatic carbocycles. The van der Waals surface area contributed by atoms with Crippen LogP contribution >= 0.6 is 0 Å². The van der Waals surface area contributed by atoms with Gasteiger partial charge in [-0.1, -0.05) is 36.4 Å². The Morgan fingerprint density at radius 2 is 1.46 bits per heavy atom. The zero-order chi connectivity index (χ0) is 19.8. The SMILES string of the molecule is COc1ccccc1CCNc1nc(C)cc(NCc2ccccc2OC)n1. The Balaban J connectivity index is 1.61. The summed E-state index contributed by atoms with van der Waals surface area (Å²) in [5.41, 5.74) is 3.13. The Hall–Kier alpha value is -3.28. The zero-order valence-electron chi connectivity index (χ0n) is 16.5. The standard InChI is InChI=1S/C22H26N4O2/c1-16-14-21(24-15-18-9-5-7-11-20(18)28-3)26-22(25-16)23-13-12-17-8-4-6-10-19(17)27-2/h4-11,14H,12-13,15H2,1-3H3,(H2,23,24,25,26). The lowest BCUT2D eigenvalue weighted by atomic mass is 10.1. The fourth-order valence-corrected chi connectivity index (χ4v) is 2.99. The summed E-state index contributed by atoms with van der Waals surface area (Å²) in [4.78, 5) is 9.05. The third-order valence-corrected chi connectivity index (χ3v) is 4.38. The number of ether oxygens (including phenoxy) is 2. The average Bonchev–Trinajstić information content (AvgIpc) is 2.72. The van der Waals surface area contributed by atoms with E-state index >= 15 is 0 Å². The Morgan fingerprint density at radius 3 is 2.18 bits per heavy atom. The second-order valence-corrected chi connectivity index (χ2v) is 6.37. The van der Waals surface area contributed by atoms with Crippen molar-refractivity contribution in [2.45, 2.75) is 19.9 Å². The summed E-state index contributed by atoms with van der Waals surface area (Å²) >= 11 is 0. The fourth-order valence-electron chi connectivity index (χ4n) is 2.99. The van der Waals surface area contributed by atoms with E-state index in [0.717, 1.165) is 47.1 Å². The van der Waals surface area contributed by atoms with E-state index in [1.54, 1.807) is 14.2 Å². The monoisotopic (exact) mass is 378 g/mol. The molecule has 0 unspecified atom stereocenters. The second-order valence-electron chi connectivity index (χ2n) is 6.37. The number of methoxy groups -OCH3 is 2. The molecule has 0 amide bonds. The lowest BCUT2D eigenvalue weighted by molar-refractivity contribution is 0.410. The molecule has 0 radical (unpaired) electrons. The summed E-state index contributed by atoms with van der Waals surface area (Å²) in [5.74, 6) is 3.14. The van der Waals surface area contributed by atoms with Crippen LogP contribution in [0, 0.1) is 6.92 Å². The van der Waals surface area contributed by atoms with Crippen LogP contribution in [-0.2, 0) is 13.0 Å². The van der Waals surface area contributed by atoms with E-state index in [-0.39, 0.29) is 0 Å². The van der Waals surface area contributed by atoms with Gasteiger partial charge in [0.2, 0.25) is 5.95 Å². The first-order valence-electron chi connectivity index (χ1n) is 9.27. The van der Waals surface area contributed by atoms with Crippen molar-refractivity contribution in [1.29, 1.82) is 0 Å². The molecule has 2 aromatic carbocycles. The number of aryl methyl sites for hydroxylation is 1. The molecule has 2 N–H and O–H groups in total. The predicted octanol–water partition coefficient (Wildman–Crippen LogP) is 4.07. The molecule has 6 heteroatoms. The van der Waals surface area contributed by atoms with Crippen LogP contribution in [0.4, 0.5) is 11.8 Å². The van der Waals surface area contributed by atoms with Gasteiger partial charge in [0.05, 0.1) is 14.2 Å². The lowest BCUT2D eigenvalue weighted by Crippen LogP contribution is -2.11. The summed E-state index contributed by atoms with van der Waals surface area (Å²) < 4.78 is 10.8. The fraction of sp³-hybridized carbons (Fsp3) is 0.273. The largest absolute Gasteiger partial charge is 0.496 e. The van der Waals surface area contributed by atoms with Crippen molar-refractivity contribution in [2.75, 3.05) is 31.4 Å². The van der Waals surface area contributed by atoms with E-state index in [2.05, 4.69) is 26.7 Å². The maximum Gasteiger partial charge on any atom is 0.224 e. The number of aromatic nitrogens is 2. The van der Waals surface area contributed by atoms with Crippen molar-refractivity contribution in [3.8, 4) is 11.5 Å². The third-order valence-electron chi connectivity index (χ3n) is 4.38. The van der Waals surface area contributed by atoms with Crippen LogP contribution in [0.3, 0.4) is 0 Å². The van der Waals surface area contributed by atoms with E-state index in [9.17, 15) is 0 Å². The maximum absolute atomic E-state index is 5.40. The highest BCUT2D eigenvalue weighted by Crippen LogP contribution is 2.20. The second kappa shape index (κ2) is 9.60. The quantitative estimate of drug-likeness (QED) is 0.585. The van der Waals surface area contributed by atoms with Crippen molar-refractivity contribution in [1.82, 2.24) is 9.97 Å². The van der Waals surface area contributed by atoms with Gasteiger partial charge in [-0.15, -0.1) is 0 Å². The first kappa shape index (κ1) is 19.5. The van der Waals surface area contributed by atoms with Crippen LogP contribution in [0.15, 0.2) is 54.6 Å². The van der Waals surface area contributed by atoms with Crippen LogP contribution < -0.4 is 20.1 Å². The highest BCUT2D eigenvalue weighted by Gasteiger charge is 2.06. The summed E-state index contributed by atoms with van der Waals surface area (Å²) in [7, 11) is 3.37. The minimum Gasteiger partial charge on any atom is -0.496 e. The summed E-state index contributed by atoms with van der Waals surface area (Å²) in [5, 5.41) is 6.66. The first-order chi connectivity index (χ1) is 13.7. The summed E-state index contributed by atoms with van der Waals surface area (Å²) in [6, 6.07) is 17.9. The molecule has 0 aliphatic rings. The van der Waals surface area contributed by atoms with Gasteiger partial charge in [0.1, 0.15) is 17.3 Å². The van der Waals surface area contributed by atoms with Gasteiger partial charge in [-0.2, -0.15) is 4.98 Å². The third kappa shape index (κ3) is 5.13. The van der Waals surface area contributed by atoms with E-state index < -0.39 is 0 Å². The van der Waals surface area contributed by atoms with Crippen molar-refractivity contribution >= 4 is 11.8 Å². The van der Waals surface area contributed by atoms with E-state index in [1.807, 2.05) is 55.5 Å². The highest BCUT2D eigenvalue weighted by molar-refractivity contribution is 5.44. The van der Waals surface area contributed by atoms with Gasteiger partial charge in [0.15, 0.2) is 0 Å². The summed E-state index contributed by atoms with van der Waals surface area (Å²) in [6.07, 6.45) is 0.825. The van der Waals surface area contributed by atoms with E-state index in [0.29, 0.717) is 12.5 Å². The summed E-state index contributed by atoms with van der Waals surface area (Å²) in [6.45, 7) is 3.30. The Kier molecular flexibility index (Phi) is 6.68. The number of para-hydroxylation sites is 2. The molecule has 1 heterocycles. The highest BCUT2D eigenvalue weighted by atomic mass is 16.5. The maximum atomic E-state index is 5.40. The topological polar surface area (TPSA) is 68.3 Å². The van der Waals surface area contributed by atoms with Gasteiger partial charge in [-0.25, -0.2) is 4.98 Å². The predicted molar refractivity (Wildman–Crippen MR) is 112 cm³/mol. The van der Waals surface area contributed by atoms with Crippen LogP contribution in [-0.4, -0.2) is 30.7 Å². The molecule has 0 bridgehead atoms. The van der Waals surface area contributed by atoms with Gasteiger partial charge in [-0.3, -0.25) is 0 Å². The Bertz CT molecular complexity index is 915. The minimum atomic E-state index is 0.609. The number of hydrogen-bond donors (Lipinski definition) is 2. The van der Waals surface area contributed by atoms with Gasteiger partial charge >= 0.3 is 0 Å². The Morgan fingerprint density at radius 1 is 0.821 bits per heavy atom. The van der Waals surface area contributed by atoms with Crippen molar-refractivity contribution in [3.05, 3.63) is 71.4 Å². The molecule has 0 saturated heterocycles. The molecule has 0 aliphatic heterocycles. The van der Waals surface area contributed by atoms with Crippen molar-refractivity contribution in [2.24, 2.45) is 0 Å².